The number of aryl methyl sites for hydroxylation is 1. The van der Waals surface area contributed by atoms with Crippen LogP contribution in [0.1, 0.15) is 10.4 Å². The average Bonchev–Trinajstić information content (AvgIpc) is 2.85. The number of carboxylic acids is 1. The topological polar surface area (TPSA) is 110 Å². The second kappa shape index (κ2) is 4.44. The first kappa shape index (κ1) is 12.9. The molecule has 0 radical (unpaired) electrons. The lowest BCUT2D eigenvalue weighted by molar-refractivity contribution is 0.0699. The first-order chi connectivity index (χ1) is 9.99. The van der Waals surface area contributed by atoms with E-state index in [1.807, 2.05) is 0 Å². The summed E-state index contributed by atoms with van der Waals surface area (Å²) in [4.78, 5) is 37.4. The summed E-state index contributed by atoms with van der Waals surface area (Å²) in [5.74, 6) is -0.941. The van der Waals surface area contributed by atoms with Crippen molar-refractivity contribution in [1.29, 1.82) is 0 Å². The summed E-state index contributed by atoms with van der Waals surface area (Å²) >= 11 is 0. The number of para-hydroxylation sites is 1. The molecule has 8 heteroatoms. The van der Waals surface area contributed by atoms with Crippen molar-refractivity contribution in [3.63, 3.8) is 0 Å². The van der Waals surface area contributed by atoms with E-state index in [0.29, 0.717) is 0 Å². The van der Waals surface area contributed by atoms with Gasteiger partial charge in [0.2, 0.25) is 0 Å². The number of aromatic carboxylic acids is 1. The molecule has 0 aliphatic rings. The molecule has 0 fully saturated rings. The molecule has 0 bridgehead atoms. The van der Waals surface area contributed by atoms with Crippen LogP contribution in [0.2, 0.25) is 0 Å². The smallest absolute Gasteiger partial charge is 0.337 e. The van der Waals surface area contributed by atoms with Gasteiger partial charge in [0.15, 0.2) is 5.82 Å². The zero-order chi connectivity index (χ0) is 15.1. The number of aromatic nitrogens is 4. The Balaban J connectivity index is 2.52. The van der Waals surface area contributed by atoms with Gasteiger partial charge in [0.05, 0.1) is 16.6 Å². The molecule has 2 N–H and O–H groups in total. The number of hydrogen-bond acceptors (Lipinski definition) is 4. The van der Waals surface area contributed by atoms with Gasteiger partial charge >= 0.3 is 17.1 Å². The second-order valence-corrected chi connectivity index (χ2v) is 4.45. The molecule has 0 amide bonds. The molecule has 8 nitrogen and oxygen atoms in total. The van der Waals surface area contributed by atoms with Gasteiger partial charge < -0.3 is 10.1 Å². The van der Waals surface area contributed by atoms with Gasteiger partial charge in [-0.05, 0) is 12.1 Å². The highest BCUT2D eigenvalue weighted by molar-refractivity contribution is 6.00. The van der Waals surface area contributed by atoms with E-state index in [1.54, 1.807) is 25.4 Å². The molecule has 106 valence electrons. The first-order valence-electron chi connectivity index (χ1n) is 6.00. The largest absolute Gasteiger partial charge is 0.478 e. The van der Waals surface area contributed by atoms with Crippen LogP contribution in [0.15, 0.2) is 40.1 Å². The Morgan fingerprint density at radius 2 is 2.05 bits per heavy atom. The molecule has 0 atom stereocenters. The molecule has 0 saturated heterocycles. The molecule has 3 aromatic rings. The van der Waals surface area contributed by atoms with E-state index in [-0.39, 0.29) is 22.4 Å². The maximum atomic E-state index is 12.1. The van der Waals surface area contributed by atoms with Crippen molar-refractivity contribution < 1.29 is 9.90 Å². The fourth-order valence-corrected chi connectivity index (χ4v) is 2.16. The molecule has 0 spiro atoms. The second-order valence-electron chi connectivity index (χ2n) is 4.45. The summed E-state index contributed by atoms with van der Waals surface area (Å²) in [5, 5.41) is 13.3. The van der Waals surface area contributed by atoms with E-state index in [2.05, 4.69) is 10.1 Å². The number of fused-ring (bicyclic) bond motifs is 1. The fourth-order valence-electron chi connectivity index (χ4n) is 2.16. The summed E-state index contributed by atoms with van der Waals surface area (Å²) in [6, 6.07) is 5.97. The molecule has 0 saturated carbocycles. The summed E-state index contributed by atoms with van der Waals surface area (Å²) < 4.78 is 2.58. The Labute approximate surface area is 116 Å². The highest BCUT2D eigenvalue weighted by Gasteiger charge is 2.16. The Morgan fingerprint density at radius 1 is 1.29 bits per heavy atom. The standard InChI is InChI=1S/C13H10N4O4/c1-16-6-5-9(15-16)17-8-4-2-3-7(13(20)21)10(8)14-11(18)12(17)19/h2-6H,1H3,(H,14,18)(H,20,21). The Morgan fingerprint density at radius 3 is 2.67 bits per heavy atom. The maximum absolute atomic E-state index is 12.1. The van der Waals surface area contributed by atoms with Crippen LogP contribution in [-0.4, -0.2) is 30.4 Å². The van der Waals surface area contributed by atoms with Crippen LogP contribution in [0.25, 0.3) is 16.9 Å². The molecule has 0 unspecified atom stereocenters. The van der Waals surface area contributed by atoms with Crippen molar-refractivity contribution in [2.24, 2.45) is 7.05 Å². The zero-order valence-electron chi connectivity index (χ0n) is 10.9. The van der Waals surface area contributed by atoms with Crippen LogP contribution < -0.4 is 11.1 Å². The van der Waals surface area contributed by atoms with Gasteiger partial charge in [0.25, 0.3) is 0 Å². The van der Waals surface area contributed by atoms with Gasteiger partial charge in [-0.15, -0.1) is 0 Å². The van der Waals surface area contributed by atoms with Crippen molar-refractivity contribution in [2.75, 3.05) is 0 Å². The molecule has 0 aliphatic carbocycles. The van der Waals surface area contributed by atoms with Gasteiger partial charge in [-0.25, -0.2) is 4.79 Å². The predicted molar refractivity (Wildman–Crippen MR) is 73.9 cm³/mol. The Bertz CT molecular complexity index is 980. The summed E-state index contributed by atoms with van der Waals surface area (Å²) in [6.07, 6.45) is 1.62. The minimum atomic E-state index is -1.19. The monoisotopic (exact) mass is 286 g/mol. The number of H-pyrrole nitrogens is 1. The van der Waals surface area contributed by atoms with Crippen LogP contribution in [-0.2, 0) is 7.05 Å². The highest BCUT2D eigenvalue weighted by Crippen LogP contribution is 2.16. The molecule has 2 aromatic heterocycles. The highest BCUT2D eigenvalue weighted by atomic mass is 16.4. The molecular formula is C13H10N4O4. The maximum Gasteiger partial charge on any atom is 0.337 e. The number of carboxylic acid groups (broad SMARTS) is 1. The van der Waals surface area contributed by atoms with Gasteiger partial charge in [0, 0.05) is 19.3 Å². The average molecular weight is 286 g/mol. The lowest BCUT2D eigenvalue weighted by atomic mass is 10.1. The Kier molecular flexibility index (Phi) is 2.72. The van der Waals surface area contributed by atoms with Crippen LogP contribution in [0.3, 0.4) is 0 Å². The number of hydrogen-bond donors (Lipinski definition) is 2. The van der Waals surface area contributed by atoms with Crippen molar-refractivity contribution in [3.05, 3.63) is 56.7 Å². The van der Waals surface area contributed by atoms with E-state index in [0.717, 1.165) is 4.57 Å². The number of aromatic amines is 1. The van der Waals surface area contributed by atoms with E-state index in [9.17, 15) is 19.5 Å². The molecule has 21 heavy (non-hydrogen) atoms. The van der Waals surface area contributed by atoms with Crippen molar-refractivity contribution in [2.45, 2.75) is 0 Å². The quantitative estimate of drug-likeness (QED) is 0.650. The van der Waals surface area contributed by atoms with Crippen LogP contribution in [0, 0.1) is 0 Å². The first-order valence-corrected chi connectivity index (χ1v) is 6.00. The molecular weight excluding hydrogens is 276 g/mol. The predicted octanol–water partition coefficient (Wildman–Crippen LogP) is 0.111. The van der Waals surface area contributed by atoms with Gasteiger partial charge in [-0.2, -0.15) is 5.10 Å². The molecule has 1 aromatic carbocycles. The van der Waals surface area contributed by atoms with Crippen molar-refractivity contribution in [1.82, 2.24) is 19.3 Å². The minimum absolute atomic E-state index is 0.0836. The van der Waals surface area contributed by atoms with Crippen molar-refractivity contribution in [3.8, 4) is 5.82 Å². The van der Waals surface area contributed by atoms with E-state index >= 15 is 0 Å². The minimum Gasteiger partial charge on any atom is -0.478 e. The molecule has 3 rings (SSSR count). The van der Waals surface area contributed by atoms with E-state index in [1.165, 1.54) is 16.8 Å². The van der Waals surface area contributed by atoms with E-state index < -0.39 is 17.1 Å². The molecule has 2 heterocycles. The number of benzene rings is 1. The summed E-state index contributed by atoms with van der Waals surface area (Å²) in [7, 11) is 1.67. The third kappa shape index (κ3) is 1.93. The Hall–Kier alpha value is -3.16. The van der Waals surface area contributed by atoms with Crippen molar-refractivity contribution >= 4 is 17.0 Å². The number of nitrogens with one attached hydrogen (secondary N) is 1. The summed E-state index contributed by atoms with van der Waals surface area (Å²) in [6.45, 7) is 0. The molecule has 0 aliphatic heterocycles. The number of rotatable bonds is 2. The van der Waals surface area contributed by atoms with Crippen LogP contribution in [0.5, 0.6) is 0 Å². The van der Waals surface area contributed by atoms with Gasteiger partial charge in [-0.3, -0.25) is 18.8 Å². The SMILES string of the molecule is Cn1ccc(-n2c(=O)c(=O)[nH]c3c(C(=O)O)cccc32)n1. The number of nitrogens with zero attached hydrogens (tertiary/aromatic N) is 3. The third-order valence-electron chi connectivity index (χ3n) is 3.08. The lowest BCUT2D eigenvalue weighted by Gasteiger charge is -2.08. The fraction of sp³-hybridized carbons (Fsp3) is 0.0769. The zero-order valence-corrected chi connectivity index (χ0v) is 10.9. The van der Waals surface area contributed by atoms with Gasteiger partial charge in [0.1, 0.15) is 0 Å². The van der Waals surface area contributed by atoms with Crippen LogP contribution >= 0.6 is 0 Å². The lowest BCUT2D eigenvalue weighted by Crippen LogP contribution is -2.36. The van der Waals surface area contributed by atoms with Gasteiger partial charge in [-0.1, -0.05) is 6.07 Å². The van der Waals surface area contributed by atoms with Crippen LogP contribution in [0.4, 0.5) is 0 Å². The van der Waals surface area contributed by atoms with E-state index in [4.69, 9.17) is 0 Å². The summed E-state index contributed by atoms with van der Waals surface area (Å²) in [5.41, 5.74) is -1.45. The third-order valence-corrected chi connectivity index (χ3v) is 3.08. The number of carbonyl (C=O) groups is 1. The normalized spacial score (nSPS) is 10.9.